The molecule has 7 nitrogen and oxygen atoms in total. The Bertz CT molecular complexity index is 1330. The summed E-state index contributed by atoms with van der Waals surface area (Å²) in [5.74, 6) is 1.26. The van der Waals surface area contributed by atoms with Crippen LogP contribution in [0.15, 0.2) is 71.7 Å². The van der Waals surface area contributed by atoms with Gasteiger partial charge in [0.2, 0.25) is 0 Å². The average molecular weight is 409 g/mol. The second-order valence-corrected chi connectivity index (χ2v) is 7.20. The van der Waals surface area contributed by atoms with Gasteiger partial charge in [0.05, 0.1) is 12.1 Å². The smallest absolute Gasteiger partial charge is 0.255 e. The van der Waals surface area contributed by atoms with Crippen LogP contribution < -0.4 is 15.8 Å². The molecule has 1 aromatic heterocycles. The standard InChI is InChI=1S/C24H19N5O2/c25-22(30)14-31-19-5-3-4-15(11-19)23-28-21-7-2-1-6-20(21)24(29-23)27-18-9-8-16-12-26-13-17(16)10-18/h1-11,13H,12,14H2,(H2,25,30)(H,27,28,29). The molecule has 3 aromatic carbocycles. The number of rotatable bonds is 6. The number of benzene rings is 3. The Morgan fingerprint density at radius 3 is 2.84 bits per heavy atom. The van der Waals surface area contributed by atoms with Crippen LogP contribution in [-0.2, 0) is 11.3 Å². The number of nitrogens with two attached hydrogens (primary N) is 1. The van der Waals surface area contributed by atoms with Gasteiger partial charge in [0.25, 0.3) is 5.91 Å². The fraction of sp³-hybridized carbons (Fsp3) is 0.0833. The van der Waals surface area contributed by atoms with E-state index in [0.29, 0.717) is 17.4 Å². The molecule has 1 aliphatic rings. The van der Waals surface area contributed by atoms with Crippen LogP contribution in [0.25, 0.3) is 22.3 Å². The lowest BCUT2D eigenvalue weighted by Gasteiger charge is -2.12. The number of carbonyl (C=O) groups is 1. The lowest BCUT2D eigenvalue weighted by atomic mass is 10.1. The van der Waals surface area contributed by atoms with Crippen molar-refractivity contribution in [2.24, 2.45) is 10.7 Å². The van der Waals surface area contributed by atoms with Crippen LogP contribution in [0.4, 0.5) is 11.5 Å². The molecule has 1 amide bonds. The highest BCUT2D eigenvalue weighted by atomic mass is 16.5. The van der Waals surface area contributed by atoms with Gasteiger partial charge in [-0.2, -0.15) is 0 Å². The molecule has 7 heteroatoms. The fourth-order valence-electron chi connectivity index (χ4n) is 3.50. The van der Waals surface area contributed by atoms with Gasteiger partial charge in [-0.1, -0.05) is 30.3 Å². The summed E-state index contributed by atoms with van der Waals surface area (Å²) in [6.45, 7) is 0.542. The number of hydrogen-bond acceptors (Lipinski definition) is 6. The second kappa shape index (κ2) is 7.87. The topological polar surface area (TPSA) is 102 Å². The van der Waals surface area contributed by atoms with Gasteiger partial charge in [-0.05, 0) is 47.5 Å². The lowest BCUT2D eigenvalue weighted by molar-refractivity contribution is -0.119. The third-order valence-corrected chi connectivity index (χ3v) is 4.98. The first-order chi connectivity index (χ1) is 15.2. The predicted molar refractivity (Wildman–Crippen MR) is 121 cm³/mol. The summed E-state index contributed by atoms with van der Waals surface area (Å²) in [5.41, 5.74) is 10.0. The molecular weight excluding hydrogens is 390 g/mol. The van der Waals surface area contributed by atoms with Gasteiger partial charge in [-0.15, -0.1) is 0 Å². The molecule has 2 heterocycles. The SMILES string of the molecule is NC(=O)COc1cccc(-c2nc(Nc3ccc4c(c3)C=NC4)c3ccccc3n2)c1. The van der Waals surface area contributed by atoms with Gasteiger partial charge in [0.15, 0.2) is 12.4 Å². The third kappa shape index (κ3) is 3.93. The van der Waals surface area contributed by atoms with Crippen molar-refractivity contribution >= 4 is 34.5 Å². The molecule has 5 rings (SSSR count). The highest BCUT2D eigenvalue weighted by molar-refractivity contribution is 5.93. The minimum atomic E-state index is -0.529. The maximum Gasteiger partial charge on any atom is 0.255 e. The number of nitrogens with one attached hydrogen (secondary N) is 1. The zero-order chi connectivity index (χ0) is 21.2. The van der Waals surface area contributed by atoms with Crippen LogP contribution in [-0.4, -0.2) is 28.7 Å². The molecule has 1 aliphatic heterocycles. The molecule has 31 heavy (non-hydrogen) atoms. The summed E-state index contributed by atoms with van der Waals surface area (Å²) in [5, 5.41) is 4.35. The van der Waals surface area contributed by atoms with Gasteiger partial charge in [0.1, 0.15) is 11.6 Å². The van der Waals surface area contributed by atoms with Crippen molar-refractivity contribution < 1.29 is 9.53 Å². The summed E-state index contributed by atoms with van der Waals surface area (Å²) in [6.07, 6.45) is 1.89. The van der Waals surface area contributed by atoms with Crippen molar-refractivity contribution in [3.8, 4) is 17.1 Å². The zero-order valence-electron chi connectivity index (χ0n) is 16.6. The molecule has 0 aliphatic carbocycles. The van der Waals surface area contributed by atoms with Gasteiger partial charge < -0.3 is 15.8 Å². The molecule has 0 fully saturated rings. The number of primary amides is 1. The molecular formula is C24H19N5O2. The highest BCUT2D eigenvalue weighted by Gasteiger charge is 2.12. The Morgan fingerprint density at radius 1 is 1.03 bits per heavy atom. The first-order valence-corrected chi connectivity index (χ1v) is 9.84. The van der Waals surface area contributed by atoms with Gasteiger partial charge >= 0.3 is 0 Å². The third-order valence-electron chi connectivity index (χ3n) is 4.98. The lowest BCUT2D eigenvalue weighted by Crippen LogP contribution is -2.19. The first kappa shape index (κ1) is 18.7. The number of aromatic nitrogens is 2. The Labute approximate surface area is 178 Å². The van der Waals surface area contributed by atoms with E-state index in [1.165, 1.54) is 5.56 Å². The van der Waals surface area contributed by atoms with Crippen LogP contribution in [0, 0.1) is 0 Å². The molecule has 0 atom stereocenters. The van der Waals surface area contributed by atoms with E-state index in [0.717, 1.165) is 34.3 Å². The Morgan fingerprint density at radius 2 is 1.94 bits per heavy atom. The van der Waals surface area contributed by atoms with Crippen molar-refractivity contribution in [1.82, 2.24) is 9.97 Å². The van der Waals surface area contributed by atoms with E-state index in [4.69, 9.17) is 20.4 Å². The number of carbonyl (C=O) groups excluding carboxylic acids is 1. The summed E-state index contributed by atoms with van der Waals surface area (Å²) < 4.78 is 5.43. The molecule has 0 bridgehead atoms. The molecule has 0 radical (unpaired) electrons. The minimum Gasteiger partial charge on any atom is -0.484 e. The highest BCUT2D eigenvalue weighted by Crippen LogP contribution is 2.29. The van der Waals surface area contributed by atoms with Crippen LogP contribution in [0.2, 0.25) is 0 Å². The van der Waals surface area contributed by atoms with Crippen molar-refractivity contribution in [3.63, 3.8) is 0 Å². The minimum absolute atomic E-state index is 0.184. The van der Waals surface area contributed by atoms with E-state index < -0.39 is 5.91 Å². The van der Waals surface area contributed by atoms with Gasteiger partial charge in [0, 0.05) is 22.9 Å². The van der Waals surface area contributed by atoms with Crippen molar-refractivity contribution in [3.05, 3.63) is 77.9 Å². The second-order valence-electron chi connectivity index (χ2n) is 7.20. The van der Waals surface area contributed by atoms with E-state index in [9.17, 15) is 4.79 Å². The molecule has 0 unspecified atom stereocenters. The number of para-hydroxylation sites is 1. The summed E-state index contributed by atoms with van der Waals surface area (Å²) in [6, 6.07) is 21.3. The van der Waals surface area contributed by atoms with E-state index >= 15 is 0 Å². The van der Waals surface area contributed by atoms with E-state index in [2.05, 4.69) is 22.4 Å². The molecule has 0 spiro atoms. The maximum atomic E-state index is 11.0. The summed E-state index contributed by atoms with van der Waals surface area (Å²) in [7, 11) is 0. The largest absolute Gasteiger partial charge is 0.484 e. The Balaban J connectivity index is 1.54. The van der Waals surface area contributed by atoms with Gasteiger partial charge in [-0.25, -0.2) is 9.97 Å². The van der Waals surface area contributed by atoms with Crippen LogP contribution in [0.1, 0.15) is 11.1 Å². The van der Waals surface area contributed by atoms with Crippen LogP contribution >= 0.6 is 0 Å². The number of fused-ring (bicyclic) bond motifs is 2. The quantitative estimate of drug-likeness (QED) is 0.504. The predicted octanol–water partition coefficient (Wildman–Crippen LogP) is 3.84. The molecule has 0 saturated carbocycles. The normalized spacial score (nSPS) is 12.0. The zero-order valence-corrected chi connectivity index (χ0v) is 16.6. The maximum absolute atomic E-state index is 11.0. The summed E-state index contributed by atoms with van der Waals surface area (Å²) >= 11 is 0. The van der Waals surface area contributed by atoms with Gasteiger partial charge in [-0.3, -0.25) is 9.79 Å². The van der Waals surface area contributed by atoms with E-state index in [1.807, 2.05) is 48.7 Å². The number of aliphatic imine (C=N–C) groups is 1. The fourth-order valence-corrected chi connectivity index (χ4v) is 3.50. The number of anilines is 2. The number of amides is 1. The first-order valence-electron chi connectivity index (χ1n) is 9.84. The summed E-state index contributed by atoms with van der Waals surface area (Å²) in [4.78, 5) is 24.9. The van der Waals surface area contributed by atoms with E-state index in [1.54, 1.807) is 12.1 Å². The monoisotopic (exact) mass is 409 g/mol. The van der Waals surface area contributed by atoms with Crippen molar-refractivity contribution in [2.45, 2.75) is 6.54 Å². The Hall–Kier alpha value is -4.26. The van der Waals surface area contributed by atoms with Crippen LogP contribution in [0.5, 0.6) is 5.75 Å². The van der Waals surface area contributed by atoms with Crippen molar-refractivity contribution in [1.29, 1.82) is 0 Å². The number of hydrogen-bond donors (Lipinski definition) is 2. The van der Waals surface area contributed by atoms with Crippen molar-refractivity contribution in [2.75, 3.05) is 11.9 Å². The van der Waals surface area contributed by atoms with E-state index in [-0.39, 0.29) is 6.61 Å². The number of ether oxygens (including phenoxy) is 1. The average Bonchev–Trinajstić information content (AvgIpc) is 3.26. The molecule has 152 valence electrons. The molecule has 4 aromatic rings. The molecule has 0 saturated heterocycles. The Kier molecular flexibility index (Phi) is 4.76. The van der Waals surface area contributed by atoms with Crippen LogP contribution in [0.3, 0.4) is 0 Å². The molecule has 3 N–H and O–H groups in total. The number of nitrogens with zero attached hydrogens (tertiary/aromatic N) is 3.